The molecule has 4 nitrogen and oxygen atoms in total. The van der Waals surface area contributed by atoms with Crippen molar-refractivity contribution in [3.63, 3.8) is 0 Å². The van der Waals surface area contributed by atoms with Crippen molar-refractivity contribution >= 4 is 11.8 Å². The Hall–Kier alpha value is -0.910. The van der Waals surface area contributed by atoms with Crippen molar-refractivity contribution < 1.29 is 14.2 Å². The summed E-state index contributed by atoms with van der Waals surface area (Å²) in [7, 11) is 1.69. The van der Waals surface area contributed by atoms with Crippen LogP contribution in [0, 0.1) is 0 Å². The summed E-state index contributed by atoms with van der Waals surface area (Å²) in [5.41, 5.74) is 1.14. The molecule has 0 aliphatic carbocycles. The molecule has 5 heteroatoms. The van der Waals surface area contributed by atoms with Crippen molar-refractivity contribution in [1.82, 2.24) is 5.32 Å². The van der Waals surface area contributed by atoms with Crippen LogP contribution in [0.4, 0.5) is 0 Å². The van der Waals surface area contributed by atoms with Gasteiger partial charge in [0.05, 0.1) is 19.8 Å². The van der Waals surface area contributed by atoms with Crippen LogP contribution in [0.2, 0.25) is 0 Å². The maximum atomic E-state index is 6.04. The van der Waals surface area contributed by atoms with E-state index in [2.05, 4.69) is 11.4 Å². The lowest BCUT2D eigenvalue weighted by atomic mass is 10.1. The van der Waals surface area contributed by atoms with Gasteiger partial charge in [-0.25, -0.2) is 0 Å². The Bertz CT molecular complexity index is 443. The lowest BCUT2D eigenvalue weighted by Crippen LogP contribution is -2.33. The Balaban J connectivity index is 1.74. The molecule has 1 aromatic rings. The topological polar surface area (TPSA) is 39.7 Å². The molecule has 3 rings (SSSR count). The minimum absolute atomic E-state index is 0.105. The molecule has 1 aromatic carbocycles. The second kappa shape index (κ2) is 6.70. The van der Waals surface area contributed by atoms with Crippen molar-refractivity contribution in [3.8, 4) is 11.5 Å². The quantitative estimate of drug-likeness (QED) is 0.922. The Labute approximate surface area is 124 Å². The van der Waals surface area contributed by atoms with Crippen molar-refractivity contribution in [1.29, 1.82) is 0 Å². The van der Waals surface area contributed by atoms with E-state index in [1.807, 2.05) is 23.9 Å². The van der Waals surface area contributed by atoms with E-state index in [0.717, 1.165) is 48.9 Å². The minimum atomic E-state index is 0.105. The monoisotopic (exact) mass is 295 g/mol. The molecule has 2 heterocycles. The van der Waals surface area contributed by atoms with Gasteiger partial charge in [-0.1, -0.05) is 6.07 Å². The maximum absolute atomic E-state index is 6.04. The van der Waals surface area contributed by atoms with E-state index >= 15 is 0 Å². The highest BCUT2D eigenvalue weighted by molar-refractivity contribution is 7.99. The van der Waals surface area contributed by atoms with Crippen LogP contribution < -0.4 is 14.8 Å². The molecule has 2 aliphatic heterocycles. The van der Waals surface area contributed by atoms with Gasteiger partial charge in [0.15, 0.2) is 11.5 Å². The standard InChI is InChI=1S/C15H21NO3S/c1-17-14-8-11(15-9-16-5-6-18-15)2-3-13(14)19-12-4-7-20-10-12/h2-3,8,12,15-16H,4-7,9-10H2,1H3. The second-order valence-electron chi connectivity index (χ2n) is 5.08. The predicted octanol–water partition coefficient (Wildman–Crippen LogP) is 2.24. The summed E-state index contributed by atoms with van der Waals surface area (Å²) in [6, 6.07) is 6.13. The molecule has 0 radical (unpaired) electrons. The number of rotatable bonds is 4. The molecule has 2 saturated heterocycles. The third-order valence-corrected chi connectivity index (χ3v) is 4.80. The molecule has 1 N–H and O–H groups in total. The van der Waals surface area contributed by atoms with Crippen molar-refractivity contribution in [2.45, 2.75) is 18.6 Å². The Kier molecular flexibility index (Phi) is 4.70. The van der Waals surface area contributed by atoms with Gasteiger partial charge in [0.1, 0.15) is 6.10 Å². The fourth-order valence-electron chi connectivity index (χ4n) is 2.55. The first-order chi connectivity index (χ1) is 9.86. The lowest BCUT2D eigenvalue weighted by Gasteiger charge is -2.25. The molecule has 2 unspecified atom stereocenters. The van der Waals surface area contributed by atoms with Crippen LogP contribution in [0.1, 0.15) is 18.1 Å². The van der Waals surface area contributed by atoms with Crippen molar-refractivity contribution in [2.24, 2.45) is 0 Å². The van der Waals surface area contributed by atoms with Crippen LogP contribution in [-0.4, -0.2) is 44.4 Å². The normalized spacial score (nSPS) is 26.4. The smallest absolute Gasteiger partial charge is 0.161 e. The number of thioether (sulfide) groups is 1. The number of methoxy groups -OCH3 is 1. The summed E-state index contributed by atoms with van der Waals surface area (Å²) in [6.45, 7) is 2.53. The molecule has 20 heavy (non-hydrogen) atoms. The zero-order valence-electron chi connectivity index (χ0n) is 11.8. The van der Waals surface area contributed by atoms with E-state index in [1.54, 1.807) is 7.11 Å². The van der Waals surface area contributed by atoms with Gasteiger partial charge in [-0.15, -0.1) is 0 Å². The minimum Gasteiger partial charge on any atom is -0.493 e. The van der Waals surface area contributed by atoms with E-state index in [1.165, 1.54) is 5.75 Å². The third-order valence-electron chi connectivity index (χ3n) is 3.67. The number of benzene rings is 1. The van der Waals surface area contributed by atoms with Gasteiger partial charge in [-0.05, 0) is 29.9 Å². The maximum Gasteiger partial charge on any atom is 0.161 e. The van der Waals surface area contributed by atoms with Crippen LogP contribution >= 0.6 is 11.8 Å². The molecule has 2 aliphatic rings. The van der Waals surface area contributed by atoms with Crippen LogP contribution in [0.3, 0.4) is 0 Å². The second-order valence-corrected chi connectivity index (χ2v) is 6.23. The molecule has 110 valence electrons. The molecule has 0 saturated carbocycles. The Morgan fingerprint density at radius 2 is 2.30 bits per heavy atom. The molecular weight excluding hydrogens is 274 g/mol. The van der Waals surface area contributed by atoms with Crippen LogP contribution in [-0.2, 0) is 4.74 Å². The first kappa shape index (κ1) is 14.0. The lowest BCUT2D eigenvalue weighted by molar-refractivity contribution is 0.0275. The van der Waals surface area contributed by atoms with Crippen LogP contribution in [0.5, 0.6) is 11.5 Å². The number of morpholine rings is 1. The van der Waals surface area contributed by atoms with Gasteiger partial charge in [0.25, 0.3) is 0 Å². The van der Waals surface area contributed by atoms with Gasteiger partial charge < -0.3 is 19.5 Å². The molecule has 0 bridgehead atoms. The van der Waals surface area contributed by atoms with E-state index in [0.29, 0.717) is 6.10 Å². The van der Waals surface area contributed by atoms with E-state index in [9.17, 15) is 0 Å². The number of ether oxygens (including phenoxy) is 3. The molecule has 0 aromatic heterocycles. The van der Waals surface area contributed by atoms with Crippen LogP contribution in [0.25, 0.3) is 0 Å². The average Bonchev–Trinajstić information content (AvgIpc) is 3.01. The summed E-state index contributed by atoms with van der Waals surface area (Å²) in [5, 5.41) is 3.34. The third kappa shape index (κ3) is 3.22. The number of hydrogen-bond acceptors (Lipinski definition) is 5. The van der Waals surface area contributed by atoms with Gasteiger partial charge in [0.2, 0.25) is 0 Å². The van der Waals surface area contributed by atoms with Gasteiger partial charge in [-0.2, -0.15) is 11.8 Å². The molecule has 0 spiro atoms. The highest BCUT2D eigenvalue weighted by Crippen LogP contribution is 2.34. The summed E-state index contributed by atoms with van der Waals surface area (Å²) in [5.74, 6) is 3.90. The molecule has 2 atom stereocenters. The number of nitrogens with one attached hydrogen (secondary N) is 1. The highest BCUT2D eigenvalue weighted by atomic mass is 32.2. The highest BCUT2D eigenvalue weighted by Gasteiger charge is 2.21. The Morgan fingerprint density at radius 3 is 3.00 bits per heavy atom. The fraction of sp³-hybridized carbons (Fsp3) is 0.600. The van der Waals surface area contributed by atoms with Crippen molar-refractivity contribution in [3.05, 3.63) is 23.8 Å². The summed E-state index contributed by atoms with van der Waals surface area (Å²) in [6.07, 6.45) is 1.53. The molecular formula is C15H21NO3S. The molecule has 2 fully saturated rings. The zero-order chi connectivity index (χ0) is 13.8. The summed E-state index contributed by atoms with van der Waals surface area (Å²) in [4.78, 5) is 0. The molecule has 0 amide bonds. The first-order valence-electron chi connectivity index (χ1n) is 7.11. The average molecular weight is 295 g/mol. The van der Waals surface area contributed by atoms with E-state index in [-0.39, 0.29) is 6.10 Å². The van der Waals surface area contributed by atoms with E-state index < -0.39 is 0 Å². The summed E-state index contributed by atoms with van der Waals surface area (Å²) < 4.78 is 17.3. The predicted molar refractivity (Wildman–Crippen MR) is 80.9 cm³/mol. The van der Waals surface area contributed by atoms with Gasteiger partial charge in [-0.3, -0.25) is 0 Å². The zero-order valence-corrected chi connectivity index (χ0v) is 12.6. The van der Waals surface area contributed by atoms with Crippen LogP contribution in [0.15, 0.2) is 18.2 Å². The summed E-state index contributed by atoms with van der Waals surface area (Å²) >= 11 is 1.95. The van der Waals surface area contributed by atoms with Gasteiger partial charge >= 0.3 is 0 Å². The van der Waals surface area contributed by atoms with E-state index in [4.69, 9.17) is 14.2 Å². The fourth-order valence-corrected chi connectivity index (χ4v) is 3.64. The number of hydrogen-bond donors (Lipinski definition) is 1. The Morgan fingerprint density at radius 1 is 1.35 bits per heavy atom. The SMILES string of the molecule is COc1cc(C2CNCCO2)ccc1OC1CCSC1. The first-order valence-corrected chi connectivity index (χ1v) is 8.27. The van der Waals surface area contributed by atoms with Gasteiger partial charge in [0, 0.05) is 18.8 Å². The van der Waals surface area contributed by atoms with Crippen molar-refractivity contribution in [2.75, 3.05) is 38.3 Å². The largest absolute Gasteiger partial charge is 0.493 e.